The van der Waals surface area contributed by atoms with Gasteiger partial charge in [-0.15, -0.1) is 0 Å². The molecule has 0 bridgehead atoms. The summed E-state index contributed by atoms with van der Waals surface area (Å²) in [5.41, 5.74) is -0.479. The monoisotopic (exact) mass is 314 g/mol. The van der Waals surface area contributed by atoms with Crippen LogP contribution in [0.4, 0.5) is 4.39 Å². The van der Waals surface area contributed by atoms with Gasteiger partial charge in [0.2, 0.25) is 0 Å². The third-order valence-electron chi connectivity index (χ3n) is 4.06. The van der Waals surface area contributed by atoms with Gasteiger partial charge in [-0.25, -0.2) is 4.39 Å². The molecule has 1 aliphatic heterocycles. The van der Waals surface area contributed by atoms with E-state index in [1.165, 1.54) is 0 Å². The fourth-order valence-electron chi connectivity index (χ4n) is 2.77. The van der Waals surface area contributed by atoms with Gasteiger partial charge < -0.3 is 15.3 Å². The van der Waals surface area contributed by atoms with E-state index in [2.05, 4.69) is 11.9 Å². The molecule has 1 saturated heterocycles. The third kappa shape index (κ3) is 5.95. The van der Waals surface area contributed by atoms with E-state index in [-0.39, 0.29) is 24.9 Å². The zero-order valence-corrected chi connectivity index (χ0v) is 14.4. The molecule has 128 valence electrons. The third-order valence-corrected chi connectivity index (χ3v) is 4.06. The quantitative estimate of drug-likeness (QED) is 0.723. The highest BCUT2D eigenvalue weighted by Gasteiger charge is 2.32. The van der Waals surface area contributed by atoms with Crippen LogP contribution in [0.3, 0.4) is 0 Å². The molecule has 2 atom stereocenters. The average molecular weight is 314 g/mol. The van der Waals surface area contributed by atoms with Crippen molar-refractivity contribution in [2.75, 3.05) is 19.7 Å². The Morgan fingerprint density at radius 2 is 2.14 bits per heavy atom. The molecule has 0 radical (unpaired) electrons. The molecule has 1 heterocycles. The molecular formula is C17H31FN2O2. The van der Waals surface area contributed by atoms with Gasteiger partial charge in [-0.1, -0.05) is 20.4 Å². The largest absolute Gasteiger partial charge is 0.394 e. The van der Waals surface area contributed by atoms with Gasteiger partial charge in [0.25, 0.3) is 0 Å². The zero-order valence-electron chi connectivity index (χ0n) is 14.4. The van der Waals surface area contributed by atoms with Crippen LogP contribution < -0.4 is 5.32 Å². The Hall–Kier alpha value is -1.10. The summed E-state index contributed by atoms with van der Waals surface area (Å²) < 4.78 is 14.4. The highest BCUT2D eigenvalue weighted by Crippen LogP contribution is 2.26. The molecule has 0 aromatic rings. The topological polar surface area (TPSA) is 52.6 Å². The van der Waals surface area contributed by atoms with Crippen molar-refractivity contribution in [1.29, 1.82) is 0 Å². The van der Waals surface area contributed by atoms with E-state index in [1.54, 1.807) is 0 Å². The number of rotatable bonds is 8. The van der Waals surface area contributed by atoms with E-state index in [9.17, 15) is 14.3 Å². The number of Topliss-reactive ketones (excluding diaryl/α,β-unsaturated/α-hetero) is 1. The summed E-state index contributed by atoms with van der Waals surface area (Å²) in [6.07, 6.45) is 0.521. The van der Waals surface area contributed by atoms with E-state index in [1.807, 2.05) is 32.6 Å². The van der Waals surface area contributed by atoms with Crippen molar-refractivity contribution < 1.29 is 14.3 Å². The van der Waals surface area contributed by atoms with Crippen molar-refractivity contribution in [2.24, 2.45) is 11.8 Å². The maximum Gasteiger partial charge on any atom is 0.133 e. The number of ketones is 1. The number of hydrogen-bond donors (Lipinski definition) is 2. The molecule has 22 heavy (non-hydrogen) atoms. The number of aliphatic hydroxyl groups is 1. The van der Waals surface area contributed by atoms with Crippen LogP contribution in [0.5, 0.6) is 0 Å². The van der Waals surface area contributed by atoms with E-state index >= 15 is 0 Å². The first-order valence-corrected chi connectivity index (χ1v) is 8.13. The molecule has 1 fully saturated rings. The number of likely N-dealkylation sites (tertiary alicyclic amines) is 1. The molecule has 0 aromatic carbocycles. The lowest BCUT2D eigenvalue weighted by molar-refractivity contribution is -0.121. The zero-order chi connectivity index (χ0) is 16.9. The summed E-state index contributed by atoms with van der Waals surface area (Å²) in [4.78, 5) is 13.7. The van der Waals surface area contributed by atoms with Gasteiger partial charge >= 0.3 is 0 Å². The van der Waals surface area contributed by atoms with Gasteiger partial charge in [0.05, 0.1) is 24.5 Å². The lowest BCUT2D eigenvalue weighted by Crippen LogP contribution is -2.50. The van der Waals surface area contributed by atoms with E-state index in [0.29, 0.717) is 37.5 Å². The number of nitrogens with one attached hydrogen (secondary N) is 1. The highest BCUT2D eigenvalue weighted by molar-refractivity contribution is 5.78. The minimum absolute atomic E-state index is 0.0226. The van der Waals surface area contributed by atoms with Gasteiger partial charge in [0.15, 0.2) is 0 Å². The Kier molecular flexibility index (Phi) is 6.85. The van der Waals surface area contributed by atoms with Crippen LogP contribution >= 0.6 is 0 Å². The lowest BCUT2D eigenvalue weighted by atomic mass is 9.88. The van der Waals surface area contributed by atoms with E-state index < -0.39 is 11.7 Å². The van der Waals surface area contributed by atoms with Gasteiger partial charge in [0, 0.05) is 25.3 Å². The first-order chi connectivity index (χ1) is 10.1. The molecule has 0 saturated carbocycles. The molecule has 0 spiro atoms. The fourth-order valence-corrected chi connectivity index (χ4v) is 2.77. The van der Waals surface area contributed by atoms with Crippen LogP contribution in [-0.2, 0) is 4.79 Å². The summed E-state index contributed by atoms with van der Waals surface area (Å²) in [6.45, 7) is 12.6. The van der Waals surface area contributed by atoms with Crippen molar-refractivity contribution in [2.45, 2.75) is 58.7 Å². The van der Waals surface area contributed by atoms with Gasteiger partial charge in [-0.2, -0.15) is 0 Å². The molecule has 1 aliphatic rings. The van der Waals surface area contributed by atoms with E-state index in [0.717, 1.165) is 0 Å². The Bertz CT molecular complexity index is 396. The first-order valence-electron chi connectivity index (χ1n) is 8.13. The summed E-state index contributed by atoms with van der Waals surface area (Å²) in [7, 11) is 0. The minimum atomic E-state index is -1.01. The Morgan fingerprint density at radius 3 is 2.64 bits per heavy atom. The first kappa shape index (κ1) is 18.9. The summed E-state index contributed by atoms with van der Waals surface area (Å²) in [5.74, 6) is 0.944. The number of carbonyl (C=O) groups excluding carboxylic acids is 1. The van der Waals surface area contributed by atoms with Gasteiger partial charge in [0.1, 0.15) is 12.0 Å². The minimum Gasteiger partial charge on any atom is -0.394 e. The second-order valence-electron chi connectivity index (χ2n) is 7.47. The smallest absolute Gasteiger partial charge is 0.133 e. The van der Waals surface area contributed by atoms with E-state index in [4.69, 9.17) is 0 Å². The molecule has 0 aromatic heterocycles. The lowest BCUT2D eigenvalue weighted by Gasteiger charge is -2.39. The number of hydrogen-bond acceptors (Lipinski definition) is 4. The Balaban J connectivity index is 2.48. The second kappa shape index (κ2) is 7.95. The summed E-state index contributed by atoms with van der Waals surface area (Å²) in [5, 5.41) is 12.4. The van der Waals surface area contributed by atoms with Crippen molar-refractivity contribution in [3.63, 3.8) is 0 Å². The summed E-state index contributed by atoms with van der Waals surface area (Å²) in [6, 6.07) is 0. The summed E-state index contributed by atoms with van der Waals surface area (Å²) >= 11 is 0. The molecular weight excluding hydrogens is 283 g/mol. The number of carbonyl (C=O) groups is 1. The van der Waals surface area contributed by atoms with Gasteiger partial charge in [-0.05, 0) is 26.2 Å². The van der Waals surface area contributed by atoms with Crippen LogP contribution in [-0.4, -0.2) is 47.2 Å². The predicted octanol–water partition coefficient (Wildman–Crippen LogP) is 2.48. The number of aliphatic hydroxyl groups excluding tert-OH is 1. The molecule has 2 N–H and O–H groups in total. The fraction of sp³-hybridized carbons (Fsp3) is 0.824. The van der Waals surface area contributed by atoms with Crippen LogP contribution in [0, 0.1) is 11.8 Å². The van der Waals surface area contributed by atoms with Crippen molar-refractivity contribution in [3.8, 4) is 0 Å². The number of nitrogens with zero attached hydrogens (tertiary/aromatic N) is 1. The second-order valence-corrected chi connectivity index (χ2v) is 7.47. The maximum atomic E-state index is 14.4. The predicted molar refractivity (Wildman–Crippen MR) is 87.1 cm³/mol. The molecule has 5 heteroatoms. The Morgan fingerprint density at radius 1 is 1.50 bits per heavy atom. The van der Waals surface area contributed by atoms with Gasteiger partial charge in [-0.3, -0.25) is 4.79 Å². The van der Waals surface area contributed by atoms with Crippen molar-refractivity contribution in [1.82, 2.24) is 10.2 Å². The maximum absolute atomic E-state index is 14.4. The number of piperidine rings is 1. The van der Waals surface area contributed by atoms with Crippen LogP contribution in [0.2, 0.25) is 0 Å². The van der Waals surface area contributed by atoms with Crippen molar-refractivity contribution in [3.05, 3.63) is 12.4 Å². The molecule has 2 unspecified atom stereocenters. The van der Waals surface area contributed by atoms with Crippen LogP contribution in [0.15, 0.2) is 12.4 Å². The molecule has 0 aliphatic carbocycles. The standard InChI is InChI=1S/C17H31FN2O2/c1-12(2)8-15(22)9-14-6-7-20(10-16(14)18)13(3)19-17(4,5)11-21/h12,14,16,19,21H,3,6-11H2,1-2,4-5H3. The van der Waals surface area contributed by atoms with Crippen molar-refractivity contribution >= 4 is 5.78 Å². The molecule has 0 amide bonds. The highest BCUT2D eigenvalue weighted by atomic mass is 19.1. The Labute approximate surface area is 133 Å². The molecule has 4 nitrogen and oxygen atoms in total. The van der Waals surface area contributed by atoms with Crippen LogP contribution in [0.1, 0.15) is 47.0 Å². The number of halogens is 1. The van der Waals surface area contributed by atoms with Crippen LogP contribution in [0.25, 0.3) is 0 Å². The average Bonchev–Trinajstić information content (AvgIpc) is 2.39. The molecule has 1 rings (SSSR count). The number of alkyl halides is 1. The SMILES string of the molecule is C=C(NC(C)(C)CO)N1CCC(CC(=O)CC(C)C)C(F)C1. The normalized spacial score (nSPS) is 22.8.